The van der Waals surface area contributed by atoms with E-state index in [2.05, 4.69) is 73.2 Å². The molecule has 0 aromatic rings. The molecule has 0 N–H and O–H groups in total. The van der Waals surface area contributed by atoms with Crippen LogP contribution in [0.25, 0.3) is 0 Å². The Hall–Kier alpha value is 3.50. The molecule has 1 atom stereocenters. The number of thioether (sulfide) groups is 7. The van der Waals surface area contributed by atoms with Gasteiger partial charge in [-0.2, -0.15) is 84.9 Å². The number of hydrogen-bond acceptors (Lipinski definition) is 10. The van der Waals surface area contributed by atoms with Gasteiger partial charge in [0.2, 0.25) is 0 Å². The second kappa shape index (κ2) is 22.5. The molecule has 0 amide bonds. The van der Waals surface area contributed by atoms with Crippen LogP contribution in [0.1, 0.15) is 12.8 Å². The molecule has 134 valence electrons. The zero-order valence-electron chi connectivity index (χ0n) is 12.6. The molecular formula is C12H26S10. The van der Waals surface area contributed by atoms with Crippen molar-refractivity contribution in [1.82, 2.24) is 0 Å². The molecule has 0 aliphatic heterocycles. The van der Waals surface area contributed by atoms with Gasteiger partial charge in [-0.1, -0.05) is 0 Å². The van der Waals surface area contributed by atoms with Gasteiger partial charge in [0, 0.05) is 25.4 Å². The van der Waals surface area contributed by atoms with E-state index in [0.717, 1.165) is 15.3 Å². The summed E-state index contributed by atoms with van der Waals surface area (Å²) < 4.78 is 0.375. The van der Waals surface area contributed by atoms with Crippen LogP contribution in [0.15, 0.2) is 0 Å². The third-order valence-corrected chi connectivity index (χ3v) is 11.9. The van der Waals surface area contributed by atoms with Crippen LogP contribution < -0.4 is 0 Å². The van der Waals surface area contributed by atoms with Gasteiger partial charge in [-0.25, -0.2) is 0 Å². The molecule has 0 saturated heterocycles. The first-order chi connectivity index (χ1) is 10.8. The Morgan fingerprint density at radius 1 is 0.591 bits per heavy atom. The first kappa shape index (κ1) is 25.5. The Morgan fingerprint density at radius 2 is 1.14 bits per heavy atom. The fraction of sp³-hybridized carbons (Fsp3) is 1.00. The van der Waals surface area contributed by atoms with Gasteiger partial charge in [0.1, 0.15) is 0 Å². The molecule has 0 rings (SSSR count). The number of hydrogen-bond donors (Lipinski definition) is 3. The fourth-order valence-electron chi connectivity index (χ4n) is 1.14. The van der Waals surface area contributed by atoms with Gasteiger partial charge < -0.3 is 0 Å². The monoisotopic (exact) mass is 490 g/mol. The largest absolute Gasteiger partial charge is 0.168 e. The Kier molecular flexibility index (Phi) is 26.1. The van der Waals surface area contributed by atoms with Crippen molar-refractivity contribution in [3.05, 3.63) is 0 Å². The summed E-state index contributed by atoms with van der Waals surface area (Å²) in [6.45, 7) is 0. The highest BCUT2D eigenvalue weighted by Gasteiger charge is 2.02. The van der Waals surface area contributed by atoms with Crippen LogP contribution in [-0.4, -0.2) is 52.3 Å². The smallest absolute Gasteiger partial charge is 0.0944 e. The van der Waals surface area contributed by atoms with Crippen molar-refractivity contribution in [3.63, 3.8) is 0 Å². The normalized spacial score (nSPS) is 12.7. The molecule has 0 nitrogen and oxygen atoms in total. The first-order valence-corrected chi connectivity index (χ1v) is 16.5. The number of rotatable bonds is 18. The molecule has 10 heteroatoms. The first-order valence-electron chi connectivity index (χ1n) is 6.83. The van der Waals surface area contributed by atoms with E-state index < -0.39 is 0 Å². The summed E-state index contributed by atoms with van der Waals surface area (Å²) in [6, 6.07) is 0. The zero-order chi connectivity index (χ0) is 16.3. The Bertz CT molecular complexity index is 206. The lowest BCUT2D eigenvalue weighted by Gasteiger charge is -2.07. The Balaban J connectivity index is 3.00. The standard InChI is InChI=1S/C12H26S10/c13-7-16-3-1-4-17-9-18-5-2-6-19-10-20-11-22-12(15)21-8-14/h12-15H,1-11H2. The SMILES string of the molecule is SCSCCCSCSCCCSCSCSC(S)SCS. The van der Waals surface area contributed by atoms with E-state index in [0.29, 0.717) is 3.91 Å². The molecule has 1 unspecified atom stereocenters. The van der Waals surface area contributed by atoms with E-state index >= 15 is 0 Å². The third-order valence-electron chi connectivity index (χ3n) is 2.09. The zero-order valence-corrected chi connectivity index (χ0v) is 21.0. The van der Waals surface area contributed by atoms with Crippen LogP contribution in [0.4, 0.5) is 0 Å². The summed E-state index contributed by atoms with van der Waals surface area (Å²) in [5.41, 5.74) is 0. The molecule has 22 heavy (non-hydrogen) atoms. The van der Waals surface area contributed by atoms with Gasteiger partial charge in [-0.15, -0.1) is 35.3 Å². The third kappa shape index (κ3) is 21.5. The lowest BCUT2D eigenvalue weighted by molar-refractivity contribution is 1.12. The highest BCUT2D eigenvalue weighted by molar-refractivity contribution is 8.33. The molecule has 0 aromatic carbocycles. The van der Waals surface area contributed by atoms with E-state index in [1.807, 2.05) is 35.3 Å². The molecule has 0 radical (unpaired) electrons. The van der Waals surface area contributed by atoms with Crippen molar-refractivity contribution in [2.75, 3.05) is 48.4 Å². The van der Waals surface area contributed by atoms with Crippen molar-refractivity contribution in [1.29, 1.82) is 0 Å². The lowest BCUT2D eigenvalue weighted by atomic mass is 10.6. The Morgan fingerprint density at radius 3 is 1.68 bits per heavy atom. The topological polar surface area (TPSA) is 0 Å². The minimum Gasteiger partial charge on any atom is -0.168 e. The fourth-order valence-corrected chi connectivity index (χ4v) is 10.6. The summed E-state index contributed by atoms with van der Waals surface area (Å²) in [6.07, 6.45) is 2.66. The van der Waals surface area contributed by atoms with E-state index in [1.54, 1.807) is 11.8 Å². The molecule has 0 aliphatic carbocycles. The van der Waals surface area contributed by atoms with Gasteiger partial charge in [-0.3, -0.25) is 0 Å². The summed E-state index contributed by atoms with van der Waals surface area (Å²) in [7, 11) is 0. The van der Waals surface area contributed by atoms with Crippen LogP contribution in [0.3, 0.4) is 0 Å². The summed E-state index contributed by atoms with van der Waals surface area (Å²) in [4.78, 5) is 0. The summed E-state index contributed by atoms with van der Waals surface area (Å²) in [5.74, 6) is 5.16. The molecule has 0 aliphatic rings. The van der Waals surface area contributed by atoms with Crippen molar-refractivity contribution in [2.45, 2.75) is 16.8 Å². The van der Waals surface area contributed by atoms with Gasteiger partial charge in [0.05, 0.1) is 3.91 Å². The maximum Gasteiger partial charge on any atom is 0.0944 e. The molecule has 0 aromatic heterocycles. The van der Waals surface area contributed by atoms with Crippen LogP contribution in [0, 0.1) is 0 Å². The summed E-state index contributed by atoms with van der Waals surface area (Å²) in [5, 5.41) is 5.41. The van der Waals surface area contributed by atoms with Crippen LogP contribution in [0.5, 0.6) is 0 Å². The van der Waals surface area contributed by atoms with E-state index in [1.165, 1.54) is 46.0 Å². The minimum atomic E-state index is 0.375. The predicted molar refractivity (Wildman–Crippen MR) is 137 cm³/mol. The van der Waals surface area contributed by atoms with Crippen molar-refractivity contribution in [3.8, 4) is 0 Å². The Labute approximate surface area is 183 Å². The van der Waals surface area contributed by atoms with Gasteiger partial charge >= 0.3 is 0 Å². The lowest BCUT2D eigenvalue weighted by Crippen LogP contribution is -1.89. The average molecular weight is 491 g/mol. The second-order valence-electron chi connectivity index (χ2n) is 3.80. The van der Waals surface area contributed by atoms with Crippen LogP contribution in [-0.2, 0) is 0 Å². The van der Waals surface area contributed by atoms with Crippen molar-refractivity contribution in [2.24, 2.45) is 0 Å². The van der Waals surface area contributed by atoms with Gasteiger partial charge in [-0.05, 0) is 35.9 Å². The van der Waals surface area contributed by atoms with Gasteiger partial charge in [0.15, 0.2) is 0 Å². The maximum atomic E-state index is 4.48. The molecule has 0 bridgehead atoms. The van der Waals surface area contributed by atoms with Crippen LogP contribution >= 0.6 is 120 Å². The highest BCUT2D eigenvalue weighted by atomic mass is 32.3. The molecular weight excluding hydrogens is 465 g/mol. The summed E-state index contributed by atoms with van der Waals surface area (Å²) >= 11 is 26.7. The van der Waals surface area contributed by atoms with Crippen molar-refractivity contribution >= 4 is 120 Å². The molecule has 0 fully saturated rings. The van der Waals surface area contributed by atoms with E-state index in [9.17, 15) is 0 Å². The molecule has 0 saturated carbocycles. The van der Waals surface area contributed by atoms with Gasteiger partial charge in [0.25, 0.3) is 0 Å². The predicted octanol–water partition coefficient (Wildman–Crippen LogP) is 6.76. The van der Waals surface area contributed by atoms with E-state index in [4.69, 9.17) is 0 Å². The second-order valence-corrected chi connectivity index (χ2v) is 15.5. The highest BCUT2D eigenvalue weighted by Crippen LogP contribution is 2.31. The quantitative estimate of drug-likeness (QED) is 0.109. The average Bonchev–Trinajstić information content (AvgIpc) is 2.51. The van der Waals surface area contributed by atoms with E-state index in [-0.39, 0.29) is 0 Å². The van der Waals surface area contributed by atoms with Crippen molar-refractivity contribution < 1.29 is 0 Å². The molecule has 0 spiro atoms. The van der Waals surface area contributed by atoms with Crippen LogP contribution in [0.2, 0.25) is 0 Å². The maximum absolute atomic E-state index is 4.48. The number of thiol groups is 3. The minimum absolute atomic E-state index is 0.375. The molecule has 0 heterocycles.